The van der Waals surface area contributed by atoms with Gasteiger partial charge in [-0.3, -0.25) is 4.79 Å². The minimum atomic E-state index is -0.354. The standard InChI is InChI=1S/C16H19FN2OS/c17-11-7-6-8-12-13(11)14(18)15(21-12)16(20)19-9-4-2-1-3-5-10-19/h6-8H,1-5,9-10,18H2. The highest BCUT2D eigenvalue weighted by atomic mass is 32.1. The minimum absolute atomic E-state index is 0.0463. The maximum Gasteiger partial charge on any atom is 0.266 e. The average molecular weight is 306 g/mol. The van der Waals surface area contributed by atoms with Crippen molar-refractivity contribution >= 4 is 33.0 Å². The van der Waals surface area contributed by atoms with Crippen LogP contribution in [0.1, 0.15) is 41.8 Å². The van der Waals surface area contributed by atoms with E-state index in [0.717, 1.165) is 30.6 Å². The first kappa shape index (κ1) is 14.3. The van der Waals surface area contributed by atoms with Crippen molar-refractivity contribution in [3.05, 3.63) is 28.9 Å². The number of hydrogen-bond acceptors (Lipinski definition) is 3. The Labute approximate surface area is 127 Å². The molecule has 2 N–H and O–H groups in total. The number of thiophene rings is 1. The average Bonchev–Trinajstić information content (AvgIpc) is 2.76. The molecule has 0 aliphatic carbocycles. The Morgan fingerprint density at radius 3 is 2.48 bits per heavy atom. The molecule has 0 radical (unpaired) electrons. The summed E-state index contributed by atoms with van der Waals surface area (Å²) in [5.41, 5.74) is 6.33. The number of halogens is 1. The Kier molecular flexibility index (Phi) is 4.10. The molecule has 1 aliphatic rings. The summed E-state index contributed by atoms with van der Waals surface area (Å²) < 4.78 is 14.6. The Bertz CT molecular complexity index is 660. The van der Waals surface area contributed by atoms with E-state index in [1.807, 2.05) is 11.0 Å². The van der Waals surface area contributed by atoms with Crippen molar-refractivity contribution in [3.8, 4) is 0 Å². The zero-order valence-electron chi connectivity index (χ0n) is 11.9. The van der Waals surface area contributed by atoms with Crippen LogP contribution in [0, 0.1) is 5.82 Å². The van der Waals surface area contributed by atoms with Crippen molar-refractivity contribution < 1.29 is 9.18 Å². The lowest BCUT2D eigenvalue weighted by Gasteiger charge is -2.24. The molecule has 1 aliphatic heterocycles. The summed E-state index contributed by atoms with van der Waals surface area (Å²) in [5, 5.41) is 0.387. The maximum atomic E-state index is 13.9. The maximum absolute atomic E-state index is 13.9. The topological polar surface area (TPSA) is 46.3 Å². The van der Waals surface area contributed by atoms with Crippen LogP contribution in [0.5, 0.6) is 0 Å². The fraction of sp³-hybridized carbons (Fsp3) is 0.438. The van der Waals surface area contributed by atoms with Gasteiger partial charge in [0.2, 0.25) is 0 Å². The van der Waals surface area contributed by atoms with Gasteiger partial charge in [-0.05, 0) is 25.0 Å². The van der Waals surface area contributed by atoms with E-state index in [4.69, 9.17) is 5.73 Å². The summed E-state index contributed by atoms with van der Waals surface area (Å²) in [6.45, 7) is 1.55. The number of nitrogens with zero attached hydrogens (tertiary/aromatic N) is 1. The zero-order valence-corrected chi connectivity index (χ0v) is 12.7. The molecule has 112 valence electrons. The van der Waals surface area contributed by atoms with Crippen molar-refractivity contribution in [2.24, 2.45) is 0 Å². The van der Waals surface area contributed by atoms with E-state index in [-0.39, 0.29) is 11.7 Å². The van der Waals surface area contributed by atoms with Crippen LogP contribution >= 0.6 is 11.3 Å². The third kappa shape index (κ3) is 2.75. The van der Waals surface area contributed by atoms with Crippen LogP contribution in [0.3, 0.4) is 0 Å². The quantitative estimate of drug-likeness (QED) is 0.864. The highest BCUT2D eigenvalue weighted by Crippen LogP contribution is 2.36. The first-order valence-electron chi connectivity index (χ1n) is 7.44. The fourth-order valence-corrected chi connectivity index (χ4v) is 3.99. The number of hydrogen-bond donors (Lipinski definition) is 1. The number of nitrogen functional groups attached to an aromatic ring is 1. The van der Waals surface area contributed by atoms with E-state index in [1.165, 1.54) is 36.7 Å². The Balaban J connectivity index is 1.93. The van der Waals surface area contributed by atoms with Gasteiger partial charge in [-0.1, -0.05) is 25.3 Å². The molecule has 3 nitrogen and oxygen atoms in total. The molecule has 21 heavy (non-hydrogen) atoms. The number of amides is 1. The van der Waals surface area contributed by atoms with Gasteiger partial charge in [0.15, 0.2) is 0 Å². The fourth-order valence-electron chi connectivity index (χ4n) is 2.88. The monoisotopic (exact) mass is 306 g/mol. The molecule has 2 aromatic rings. The Morgan fingerprint density at radius 2 is 1.81 bits per heavy atom. The lowest BCUT2D eigenvalue weighted by molar-refractivity contribution is 0.0748. The van der Waals surface area contributed by atoms with Gasteiger partial charge in [-0.25, -0.2) is 4.39 Å². The third-order valence-corrected chi connectivity index (χ3v) is 5.20. The third-order valence-electron chi connectivity index (χ3n) is 4.04. The summed E-state index contributed by atoms with van der Waals surface area (Å²) >= 11 is 1.30. The number of anilines is 1. The van der Waals surface area contributed by atoms with Crippen LogP contribution in [0.25, 0.3) is 10.1 Å². The number of rotatable bonds is 1. The van der Waals surface area contributed by atoms with Crippen molar-refractivity contribution in [1.29, 1.82) is 0 Å². The molecule has 1 aromatic heterocycles. The van der Waals surface area contributed by atoms with Crippen molar-refractivity contribution in [2.45, 2.75) is 32.1 Å². The molecule has 0 spiro atoms. The molecular formula is C16H19FN2OS. The molecule has 1 amide bonds. The largest absolute Gasteiger partial charge is 0.397 e. The van der Waals surface area contributed by atoms with Crippen LogP contribution in [-0.2, 0) is 0 Å². The van der Waals surface area contributed by atoms with Gasteiger partial charge in [0.25, 0.3) is 5.91 Å². The SMILES string of the molecule is Nc1c(C(=O)N2CCCCCCC2)sc2cccc(F)c12. The molecule has 0 unspecified atom stereocenters. The summed E-state index contributed by atoms with van der Waals surface area (Å²) in [4.78, 5) is 15.1. The number of carbonyl (C=O) groups is 1. The van der Waals surface area contributed by atoms with Crippen LogP contribution in [0.15, 0.2) is 18.2 Å². The lowest BCUT2D eigenvalue weighted by atomic mass is 10.1. The van der Waals surface area contributed by atoms with E-state index in [0.29, 0.717) is 16.0 Å². The van der Waals surface area contributed by atoms with Crippen LogP contribution in [-0.4, -0.2) is 23.9 Å². The van der Waals surface area contributed by atoms with Crippen LogP contribution in [0.4, 0.5) is 10.1 Å². The van der Waals surface area contributed by atoms with Crippen molar-refractivity contribution in [2.75, 3.05) is 18.8 Å². The van der Waals surface area contributed by atoms with Gasteiger partial charge in [-0.2, -0.15) is 0 Å². The van der Waals surface area contributed by atoms with E-state index < -0.39 is 0 Å². The lowest BCUT2D eigenvalue weighted by Crippen LogP contribution is -2.33. The Morgan fingerprint density at radius 1 is 1.14 bits per heavy atom. The van der Waals surface area contributed by atoms with Gasteiger partial charge < -0.3 is 10.6 Å². The molecule has 1 saturated heterocycles. The van der Waals surface area contributed by atoms with Crippen molar-refractivity contribution in [3.63, 3.8) is 0 Å². The predicted molar refractivity (Wildman–Crippen MR) is 85.2 cm³/mol. The van der Waals surface area contributed by atoms with E-state index in [1.54, 1.807) is 6.07 Å². The van der Waals surface area contributed by atoms with Crippen molar-refractivity contribution in [1.82, 2.24) is 4.90 Å². The highest BCUT2D eigenvalue weighted by molar-refractivity contribution is 7.21. The molecular weight excluding hydrogens is 287 g/mol. The molecule has 0 atom stereocenters. The first-order valence-corrected chi connectivity index (χ1v) is 8.26. The molecule has 3 rings (SSSR count). The van der Waals surface area contributed by atoms with Crippen LogP contribution in [0.2, 0.25) is 0 Å². The molecule has 1 fully saturated rings. The first-order chi connectivity index (χ1) is 10.2. The van der Waals surface area contributed by atoms with E-state index >= 15 is 0 Å². The summed E-state index contributed by atoms with van der Waals surface area (Å²) in [6.07, 6.45) is 5.65. The molecule has 1 aromatic carbocycles. The molecule has 0 bridgehead atoms. The molecule has 2 heterocycles. The number of benzene rings is 1. The number of nitrogens with two attached hydrogens (primary N) is 1. The van der Waals surface area contributed by atoms with Gasteiger partial charge >= 0.3 is 0 Å². The molecule has 0 saturated carbocycles. The predicted octanol–water partition coefficient (Wildman–Crippen LogP) is 4.03. The summed E-state index contributed by atoms with van der Waals surface area (Å²) in [6, 6.07) is 4.84. The number of likely N-dealkylation sites (tertiary alicyclic amines) is 1. The highest BCUT2D eigenvalue weighted by Gasteiger charge is 2.23. The van der Waals surface area contributed by atoms with Gasteiger partial charge in [0.1, 0.15) is 10.7 Å². The second-order valence-corrected chi connectivity index (χ2v) is 6.57. The number of carbonyl (C=O) groups excluding carboxylic acids is 1. The Hall–Kier alpha value is -1.62. The van der Waals surface area contributed by atoms with Gasteiger partial charge in [-0.15, -0.1) is 11.3 Å². The summed E-state index contributed by atoms with van der Waals surface area (Å²) in [5.74, 6) is -0.400. The van der Waals surface area contributed by atoms with E-state index in [9.17, 15) is 9.18 Å². The second-order valence-electron chi connectivity index (χ2n) is 5.52. The minimum Gasteiger partial charge on any atom is -0.397 e. The summed E-state index contributed by atoms with van der Waals surface area (Å²) in [7, 11) is 0. The van der Waals surface area contributed by atoms with Gasteiger partial charge in [0.05, 0.1) is 11.1 Å². The zero-order chi connectivity index (χ0) is 14.8. The van der Waals surface area contributed by atoms with Gasteiger partial charge in [0, 0.05) is 17.8 Å². The normalized spacial score (nSPS) is 16.7. The van der Waals surface area contributed by atoms with E-state index in [2.05, 4.69) is 0 Å². The second kappa shape index (κ2) is 6.02. The number of fused-ring (bicyclic) bond motifs is 1. The molecule has 5 heteroatoms. The van der Waals surface area contributed by atoms with Crippen LogP contribution < -0.4 is 5.73 Å². The smallest absolute Gasteiger partial charge is 0.266 e.